The van der Waals surface area contributed by atoms with Gasteiger partial charge in [-0.15, -0.1) is 0 Å². The fourth-order valence-corrected chi connectivity index (χ4v) is 3.14. The average Bonchev–Trinajstić information content (AvgIpc) is 2.89. The van der Waals surface area contributed by atoms with Gasteiger partial charge in [-0.05, 0) is 30.7 Å². The number of benzene rings is 2. The molecule has 1 aliphatic heterocycles. The summed E-state index contributed by atoms with van der Waals surface area (Å²) in [4.78, 5) is 28.5. The number of amides is 1. The quantitative estimate of drug-likeness (QED) is 0.636. The number of rotatable bonds is 3. The number of nitro groups is 1. The minimum Gasteiger partial charge on any atom is -0.273 e. The summed E-state index contributed by atoms with van der Waals surface area (Å²) in [5.74, 6) is 0.310. The molecule has 1 amide bonds. The summed E-state index contributed by atoms with van der Waals surface area (Å²) in [7, 11) is 0. The molecule has 0 saturated carbocycles. The largest absolute Gasteiger partial charge is 0.273 e. The van der Waals surface area contributed by atoms with Crippen molar-refractivity contribution in [3.05, 3.63) is 64.2 Å². The molecule has 6 nitrogen and oxygen atoms in total. The summed E-state index contributed by atoms with van der Waals surface area (Å²) in [5, 5.41) is 11.3. The fraction of sp³-hybridized carbons (Fsp3) is 0.125. The maximum absolute atomic E-state index is 12.2. The van der Waals surface area contributed by atoms with Gasteiger partial charge in [-0.2, -0.15) is 0 Å². The molecule has 0 bridgehead atoms. The highest BCUT2D eigenvalue weighted by molar-refractivity contribution is 8.15. The van der Waals surface area contributed by atoms with Crippen molar-refractivity contribution >= 4 is 39.9 Å². The number of anilines is 1. The van der Waals surface area contributed by atoms with Gasteiger partial charge < -0.3 is 0 Å². The van der Waals surface area contributed by atoms with Crippen LogP contribution in [0.1, 0.15) is 5.56 Å². The lowest BCUT2D eigenvalue weighted by molar-refractivity contribution is -0.384. The fourth-order valence-electron chi connectivity index (χ4n) is 2.26. The second-order valence-electron chi connectivity index (χ2n) is 4.97. The van der Waals surface area contributed by atoms with Gasteiger partial charge in [0, 0.05) is 12.1 Å². The maximum Gasteiger partial charge on any atom is 0.269 e. The van der Waals surface area contributed by atoms with Crippen molar-refractivity contribution in [1.29, 1.82) is 0 Å². The van der Waals surface area contributed by atoms with Crippen LogP contribution < -0.4 is 4.90 Å². The summed E-state index contributed by atoms with van der Waals surface area (Å²) >= 11 is 1.36. The topological polar surface area (TPSA) is 75.8 Å². The third kappa shape index (κ3) is 3.09. The van der Waals surface area contributed by atoms with Crippen LogP contribution in [0.3, 0.4) is 0 Å². The molecule has 116 valence electrons. The molecular formula is C16H13N3O3S. The molecule has 0 aromatic heterocycles. The molecule has 1 heterocycles. The van der Waals surface area contributed by atoms with Crippen molar-refractivity contribution in [1.82, 2.24) is 0 Å². The highest BCUT2D eigenvalue weighted by Crippen LogP contribution is 2.31. The third-order valence-corrected chi connectivity index (χ3v) is 4.33. The number of para-hydroxylation sites is 1. The van der Waals surface area contributed by atoms with Gasteiger partial charge in [0.15, 0.2) is 5.17 Å². The lowest BCUT2D eigenvalue weighted by atomic mass is 10.2. The Labute approximate surface area is 137 Å². The first-order chi connectivity index (χ1) is 11.1. The van der Waals surface area contributed by atoms with Crippen LogP contribution in [0.15, 0.2) is 53.5 Å². The van der Waals surface area contributed by atoms with Crippen LogP contribution in [0, 0.1) is 17.0 Å². The second-order valence-corrected chi connectivity index (χ2v) is 5.91. The number of aliphatic imine (C=N–C) groups is 1. The van der Waals surface area contributed by atoms with E-state index >= 15 is 0 Å². The van der Waals surface area contributed by atoms with Crippen LogP contribution in [0.4, 0.5) is 17.1 Å². The molecule has 2 aromatic carbocycles. The van der Waals surface area contributed by atoms with Gasteiger partial charge in [0.1, 0.15) is 0 Å². The maximum atomic E-state index is 12.2. The molecule has 2 aromatic rings. The number of thioether (sulfide) groups is 1. The Morgan fingerprint density at radius 1 is 1.17 bits per heavy atom. The van der Waals surface area contributed by atoms with Crippen LogP contribution >= 0.6 is 11.8 Å². The molecule has 0 atom stereocenters. The average molecular weight is 327 g/mol. The first kappa shape index (κ1) is 15.2. The SMILES string of the molecule is Cc1ccccc1N1C(=O)CSC1=Nc1ccc([N+](=O)[O-])cc1. The number of hydrogen-bond acceptors (Lipinski definition) is 5. The molecule has 0 spiro atoms. The molecule has 1 saturated heterocycles. The molecule has 0 unspecified atom stereocenters. The van der Waals surface area contributed by atoms with Crippen LogP contribution in [0.5, 0.6) is 0 Å². The van der Waals surface area contributed by atoms with E-state index in [-0.39, 0.29) is 11.6 Å². The Kier molecular flexibility index (Phi) is 4.12. The van der Waals surface area contributed by atoms with E-state index in [9.17, 15) is 14.9 Å². The van der Waals surface area contributed by atoms with Crippen molar-refractivity contribution in [2.24, 2.45) is 4.99 Å². The number of amidine groups is 1. The molecule has 1 aliphatic rings. The van der Waals surface area contributed by atoms with E-state index in [1.807, 2.05) is 31.2 Å². The standard InChI is InChI=1S/C16H13N3O3S/c1-11-4-2-3-5-14(11)18-15(20)10-23-16(18)17-12-6-8-13(9-7-12)19(21)22/h2-9H,10H2,1H3. The zero-order chi connectivity index (χ0) is 16.4. The molecule has 0 aliphatic carbocycles. The number of nitro benzene ring substituents is 1. The lowest BCUT2D eigenvalue weighted by Gasteiger charge is -2.18. The number of hydrogen-bond donors (Lipinski definition) is 0. The number of nitrogens with zero attached hydrogens (tertiary/aromatic N) is 3. The molecule has 7 heteroatoms. The summed E-state index contributed by atoms with van der Waals surface area (Å²) in [6.45, 7) is 1.94. The van der Waals surface area contributed by atoms with Gasteiger partial charge in [0.2, 0.25) is 5.91 Å². The number of carbonyl (C=O) groups is 1. The molecule has 23 heavy (non-hydrogen) atoms. The van der Waals surface area contributed by atoms with E-state index in [1.165, 1.54) is 23.9 Å². The van der Waals surface area contributed by atoms with Gasteiger partial charge in [-0.25, -0.2) is 4.99 Å². The highest BCUT2D eigenvalue weighted by atomic mass is 32.2. The second kappa shape index (κ2) is 6.21. The Bertz CT molecular complexity index is 802. The van der Waals surface area contributed by atoms with Gasteiger partial charge in [0.05, 0.1) is 22.1 Å². The van der Waals surface area contributed by atoms with Gasteiger partial charge in [-0.3, -0.25) is 19.8 Å². The number of aryl methyl sites for hydroxylation is 1. The summed E-state index contributed by atoms with van der Waals surface area (Å²) in [5.41, 5.74) is 2.38. The highest BCUT2D eigenvalue weighted by Gasteiger charge is 2.30. The Morgan fingerprint density at radius 2 is 1.87 bits per heavy atom. The summed E-state index contributed by atoms with van der Waals surface area (Å²) in [6.07, 6.45) is 0. The first-order valence-electron chi connectivity index (χ1n) is 6.91. The predicted molar refractivity (Wildman–Crippen MR) is 91.3 cm³/mol. The van der Waals surface area contributed by atoms with Crippen molar-refractivity contribution in [3.63, 3.8) is 0 Å². The van der Waals surface area contributed by atoms with Crippen LogP contribution in [0.2, 0.25) is 0 Å². The smallest absolute Gasteiger partial charge is 0.269 e. The zero-order valence-corrected chi connectivity index (χ0v) is 13.1. The van der Waals surface area contributed by atoms with Crippen LogP contribution in [-0.4, -0.2) is 21.8 Å². The normalized spacial score (nSPS) is 16.1. The third-order valence-electron chi connectivity index (χ3n) is 3.41. The predicted octanol–water partition coefficient (Wildman–Crippen LogP) is 3.67. The summed E-state index contributed by atoms with van der Waals surface area (Å²) < 4.78 is 0. The number of carbonyl (C=O) groups excluding carboxylic acids is 1. The van der Waals surface area contributed by atoms with Crippen molar-refractivity contribution < 1.29 is 9.72 Å². The van der Waals surface area contributed by atoms with Crippen LogP contribution in [-0.2, 0) is 4.79 Å². The van der Waals surface area contributed by atoms with E-state index in [2.05, 4.69) is 4.99 Å². The molecule has 1 fully saturated rings. The van der Waals surface area contributed by atoms with E-state index < -0.39 is 4.92 Å². The zero-order valence-electron chi connectivity index (χ0n) is 12.3. The monoisotopic (exact) mass is 327 g/mol. The van der Waals surface area contributed by atoms with Crippen molar-refractivity contribution in [2.45, 2.75) is 6.92 Å². The lowest BCUT2D eigenvalue weighted by Crippen LogP contribution is -2.29. The van der Waals surface area contributed by atoms with E-state index in [0.29, 0.717) is 16.6 Å². The van der Waals surface area contributed by atoms with Gasteiger partial charge in [-0.1, -0.05) is 30.0 Å². The Balaban J connectivity index is 1.96. The number of non-ortho nitro benzene ring substituents is 1. The minimum absolute atomic E-state index is 0.0138. The first-order valence-corrected chi connectivity index (χ1v) is 7.89. The summed E-state index contributed by atoms with van der Waals surface area (Å²) in [6, 6.07) is 13.6. The molecular weight excluding hydrogens is 314 g/mol. The van der Waals surface area contributed by atoms with E-state index in [4.69, 9.17) is 0 Å². The van der Waals surface area contributed by atoms with Gasteiger partial charge in [0.25, 0.3) is 5.69 Å². The van der Waals surface area contributed by atoms with Crippen LogP contribution in [0.25, 0.3) is 0 Å². The van der Waals surface area contributed by atoms with E-state index in [1.54, 1.807) is 17.0 Å². The Hall–Kier alpha value is -2.67. The van der Waals surface area contributed by atoms with Crippen molar-refractivity contribution in [2.75, 3.05) is 10.7 Å². The molecule has 3 rings (SSSR count). The van der Waals surface area contributed by atoms with E-state index in [0.717, 1.165) is 11.3 Å². The molecule has 0 radical (unpaired) electrons. The minimum atomic E-state index is -0.454. The van der Waals surface area contributed by atoms with Crippen molar-refractivity contribution in [3.8, 4) is 0 Å². The molecule has 0 N–H and O–H groups in total. The Morgan fingerprint density at radius 3 is 2.52 bits per heavy atom. The van der Waals surface area contributed by atoms with Gasteiger partial charge >= 0.3 is 0 Å².